The zero-order chi connectivity index (χ0) is 12.3. The number of nitrogens with zero attached hydrogens (tertiary/aromatic N) is 3. The molecule has 0 spiro atoms. The van der Waals surface area contributed by atoms with Crippen LogP contribution in [0.25, 0.3) is 11.4 Å². The van der Waals surface area contributed by atoms with Crippen molar-refractivity contribution in [1.29, 1.82) is 0 Å². The van der Waals surface area contributed by atoms with Crippen molar-refractivity contribution in [3.63, 3.8) is 0 Å². The third-order valence-electron chi connectivity index (χ3n) is 2.54. The molecule has 1 aromatic heterocycles. The molecule has 0 aliphatic carbocycles. The summed E-state index contributed by atoms with van der Waals surface area (Å²) in [4.78, 5) is 0. The van der Waals surface area contributed by atoms with E-state index in [0.29, 0.717) is 6.54 Å². The molecule has 0 amide bonds. The van der Waals surface area contributed by atoms with Crippen LogP contribution in [0.2, 0.25) is 0 Å². The molecular formula is C12H15BrN4. The molecule has 0 atom stereocenters. The standard InChI is InChI=1S/C12H15BrN4/c1-2-6-17-11(8-14)15-16-12(17)9-4-3-5-10(13)7-9/h3-5,7H,2,6,8,14H2,1H3. The van der Waals surface area contributed by atoms with E-state index < -0.39 is 0 Å². The van der Waals surface area contributed by atoms with Gasteiger partial charge in [0.2, 0.25) is 0 Å². The maximum atomic E-state index is 5.67. The first-order valence-corrected chi connectivity index (χ1v) is 6.43. The fourth-order valence-corrected chi connectivity index (χ4v) is 2.19. The van der Waals surface area contributed by atoms with E-state index >= 15 is 0 Å². The van der Waals surface area contributed by atoms with Crippen LogP contribution in [0.1, 0.15) is 19.2 Å². The minimum atomic E-state index is 0.418. The summed E-state index contributed by atoms with van der Waals surface area (Å²) in [6, 6.07) is 8.05. The van der Waals surface area contributed by atoms with E-state index in [0.717, 1.165) is 34.7 Å². The van der Waals surface area contributed by atoms with Crippen LogP contribution in [0.3, 0.4) is 0 Å². The van der Waals surface area contributed by atoms with Crippen molar-refractivity contribution < 1.29 is 0 Å². The Morgan fingerprint density at radius 2 is 2.18 bits per heavy atom. The van der Waals surface area contributed by atoms with Crippen LogP contribution in [0.5, 0.6) is 0 Å². The Bertz CT molecular complexity index is 507. The van der Waals surface area contributed by atoms with Gasteiger partial charge in [-0.15, -0.1) is 10.2 Å². The van der Waals surface area contributed by atoms with E-state index in [4.69, 9.17) is 5.73 Å². The molecule has 0 saturated carbocycles. The fraction of sp³-hybridized carbons (Fsp3) is 0.333. The zero-order valence-corrected chi connectivity index (χ0v) is 11.3. The summed E-state index contributed by atoms with van der Waals surface area (Å²) in [6.45, 7) is 3.44. The summed E-state index contributed by atoms with van der Waals surface area (Å²) in [6.07, 6.45) is 1.03. The normalized spacial score (nSPS) is 10.8. The average molecular weight is 295 g/mol. The van der Waals surface area contributed by atoms with Gasteiger partial charge in [-0.3, -0.25) is 0 Å². The van der Waals surface area contributed by atoms with Crippen molar-refractivity contribution in [1.82, 2.24) is 14.8 Å². The molecule has 0 aliphatic rings. The van der Waals surface area contributed by atoms with Crippen LogP contribution in [-0.2, 0) is 13.1 Å². The minimum absolute atomic E-state index is 0.418. The number of hydrogen-bond acceptors (Lipinski definition) is 3. The van der Waals surface area contributed by atoms with Crippen molar-refractivity contribution in [2.24, 2.45) is 5.73 Å². The molecule has 0 saturated heterocycles. The maximum Gasteiger partial charge on any atom is 0.164 e. The van der Waals surface area contributed by atoms with Crippen LogP contribution < -0.4 is 5.73 Å². The Morgan fingerprint density at radius 1 is 1.35 bits per heavy atom. The summed E-state index contributed by atoms with van der Waals surface area (Å²) < 4.78 is 3.12. The molecule has 2 rings (SSSR count). The lowest BCUT2D eigenvalue weighted by molar-refractivity contribution is 0.644. The Hall–Kier alpha value is -1.20. The molecule has 0 radical (unpaired) electrons. The van der Waals surface area contributed by atoms with E-state index in [9.17, 15) is 0 Å². The first-order chi connectivity index (χ1) is 8.26. The summed E-state index contributed by atoms with van der Waals surface area (Å²) in [7, 11) is 0. The SMILES string of the molecule is CCCn1c(CN)nnc1-c1cccc(Br)c1. The fourth-order valence-electron chi connectivity index (χ4n) is 1.79. The molecule has 0 unspecified atom stereocenters. The van der Waals surface area contributed by atoms with Gasteiger partial charge in [-0.05, 0) is 18.6 Å². The molecule has 2 aromatic rings. The second kappa shape index (κ2) is 5.42. The van der Waals surface area contributed by atoms with Gasteiger partial charge >= 0.3 is 0 Å². The highest BCUT2D eigenvalue weighted by atomic mass is 79.9. The van der Waals surface area contributed by atoms with E-state index in [2.05, 4.69) is 37.6 Å². The lowest BCUT2D eigenvalue weighted by Crippen LogP contribution is -2.09. The summed E-state index contributed by atoms with van der Waals surface area (Å²) in [5.41, 5.74) is 6.73. The van der Waals surface area contributed by atoms with Crippen LogP contribution in [-0.4, -0.2) is 14.8 Å². The lowest BCUT2D eigenvalue weighted by Gasteiger charge is -2.08. The number of rotatable bonds is 4. The van der Waals surface area contributed by atoms with Crippen molar-refractivity contribution in [2.45, 2.75) is 26.4 Å². The van der Waals surface area contributed by atoms with Crippen LogP contribution >= 0.6 is 15.9 Å². The minimum Gasteiger partial charge on any atom is -0.324 e. The number of halogens is 1. The summed E-state index contributed by atoms with van der Waals surface area (Å²) in [5.74, 6) is 1.72. The van der Waals surface area contributed by atoms with Gasteiger partial charge in [0.1, 0.15) is 5.82 Å². The quantitative estimate of drug-likeness (QED) is 0.943. The highest BCUT2D eigenvalue weighted by molar-refractivity contribution is 9.10. The van der Waals surface area contributed by atoms with Gasteiger partial charge in [-0.25, -0.2) is 0 Å². The molecule has 2 N–H and O–H groups in total. The first-order valence-electron chi connectivity index (χ1n) is 5.64. The molecule has 1 heterocycles. The number of benzene rings is 1. The topological polar surface area (TPSA) is 56.7 Å². The van der Waals surface area contributed by atoms with Crippen LogP contribution in [0.4, 0.5) is 0 Å². The second-order valence-electron chi connectivity index (χ2n) is 3.81. The van der Waals surface area contributed by atoms with Gasteiger partial charge in [0.25, 0.3) is 0 Å². The monoisotopic (exact) mass is 294 g/mol. The smallest absolute Gasteiger partial charge is 0.164 e. The Morgan fingerprint density at radius 3 is 2.82 bits per heavy atom. The van der Waals surface area contributed by atoms with Gasteiger partial charge in [0.05, 0.1) is 6.54 Å². The Labute approximate surface area is 109 Å². The molecule has 0 fully saturated rings. The van der Waals surface area contributed by atoms with Gasteiger partial charge in [-0.1, -0.05) is 35.0 Å². The van der Waals surface area contributed by atoms with Gasteiger partial charge in [0, 0.05) is 16.6 Å². The first kappa shape index (κ1) is 12.3. The third kappa shape index (κ3) is 2.56. The van der Waals surface area contributed by atoms with E-state index in [1.165, 1.54) is 0 Å². The molecule has 1 aromatic carbocycles. The van der Waals surface area contributed by atoms with Gasteiger partial charge in [0.15, 0.2) is 5.82 Å². The maximum absolute atomic E-state index is 5.67. The predicted molar refractivity (Wildman–Crippen MR) is 71.3 cm³/mol. The lowest BCUT2D eigenvalue weighted by atomic mass is 10.2. The van der Waals surface area contributed by atoms with Crippen molar-refractivity contribution in [3.8, 4) is 11.4 Å². The molecule has 90 valence electrons. The van der Waals surface area contributed by atoms with Crippen LogP contribution in [0.15, 0.2) is 28.7 Å². The van der Waals surface area contributed by atoms with E-state index in [-0.39, 0.29) is 0 Å². The predicted octanol–water partition coefficient (Wildman–Crippen LogP) is 2.58. The third-order valence-corrected chi connectivity index (χ3v) is 3.03. The van der Waals surface area contributed by atoms with Crippen molar-refractivity contribution >= 4 is 15.9 Å². The molecule has 0 bridgehead atoms. The van der Waals surface area contributed by atoms with Gasteiger partial charge in [-0.2, -0.15) is 0 Å². The van der Waals surface area contributed by atoms with Crippen molar-refractivity contribution in [3.05, 3.63) is 34.6 Å². The van der Waals surface area contributed by atoms with Crippen LogP contribution in [0, 0.1) is 0 Å². The van der Waals surface area contributed by atoms with E-state index in [1.807, 2.05) is 24.3 Å². The van der Waals surface area contributed by atoms with Gasteiger partial charge < -0.3 is 10.3 Å². The average Bonchev–Trinajstić information content (AvgIpc) is 2.72. The highest BCUT2D eigenvalue weighted by Gasteiger charge is 2.11. The Balaban J connectivity index is 2.47. The Kier molecular flexibility index (Phi) is 3.91. The number of nitrogens with two attached hydrogens (primary N) is 1. The number of aromatic nitrogens is 3. The molecule has 17 heavy (non-hydrogen) atoms. The zero-order valence-electron chi connectivity index (χ0n) is 9.73. The number of hydrogen-bond donors (Lipinski definition) is 1. The molecule has 5 heteroatoms. The largest absolute Gasteiger partial charge is 0.324 e. The second-order valence-corrected chi connectivity index (χ2v) is 4.72. The molecule has 4 nitrogen and oxygen atoms in total. The molecule has 0 aliphatic heterocycles. The van der Waals surface area contributed by atoms with Crippen molar-refractivity contribution in [2.75, 3.05) is 0 Å². The summed E-state index contributed by atoms with van der Waals surface area (Å²) >= 11 is 3.46. The van der Waals surface area contributed by atoms with E-state index in [1.54, 1.807) is 0 Å². The summed E-state index contributed by atoms with van der Waals surface area (Å²) in [5, 5.41) is 8.36. The molecular weight excluding hydrogens is 280 g/mol. The highest BCUT2D eigenvalue weighted by Crippen LogP contribution is 2.22.